The zero-order valence-electron chi connectivity index (χ0n) is 19.0. The summed E-state index contributed by atoms with van der Waals surface area (Å²) in [5.41, 5.74) is 0.743. The molecule has 0 saturated carbocycles. The van der Waals surface area contributed by atoms with Crippen molar-refractivity contribution in [3.8, 4) is 0 Å². The minimum Gasteiger partial charge on any atom is -0.455 e. The van der Waals surface area contributed by atoms with Crippen LogP contribution in [0.2, 0.25) is 0 Å². The second-order valence-electron chi connectivity index (χ2n) is 8.23. The molecule has 7 nitrogen and oxygen atoms in total. The van der Waals surface area contributed by atoms with Crippen molar-refractivity contribution in [3.63, 3.8) is 0 Å². The number of benzene rings is 3. The highest BCUT2D eigenvalue weighted by molar-refractivity contribution is 7.91. The van der Waals surface area contributed by atoms with Crippen molar-refractivity contribution in [1.29, 1.82) is 0 Å². The first kappa shape index (κ1) is 24.6. The first-order valence-electron chi connectivity index (χ1n) is 11.3. The fraction of sp³-hybridized carbons (Fsp3) is 0.259. The van der Waals surface area contributed by atoms with Crippen LogP contribution in [-0.4, -0.2) is 51.0 Å². The van der Waals surface area contributed by atoms with Crippen LogP contribution in [0.3, 0.4) is 0 Å². The van der Waals surface area contributed by atoms with Gasteiger partial charge in [0.15, 0.2) is 15.9 Å². The maximum absolute atomic E-state index is 12.7. The Morgan fingerprint density at radius 3 is 1.77 bits per heavy atom. The number of esters is 2. The average Bonchev–Trinajstić information content (AvgIpc) is 2.90. The van der Waals surface area contributed by atoms with E-state index in [1.807, 2.05) is 0 Å². The Balaban J connectivity index is 1.45. The lowest BCUT2D eigenvalue weighted by Crippen LogP contribution is -2.46. The van der Waals surface area contributed by atoms with E-state index >= 15 is 0 Å². The molecule has 182 valence electrons. The maximum atomic E-state index is 12.7. The molecule has 1 aliphatic rings. The predicted octanol–water partition coefficient (Wildman–Crippen LogP) is 4.09. The molecule has 0 unspecified atom stereocenters. The van der Waals surface area contributed by atoms with Gasteiger partial charge in [0.1, 0.15) is 6.10 Å². The van der Waals surface area contributed by atoms with Crippen LogP contribution in [-0.2, 0) is 24.0 Å². The van der Waals surface area contributed by atoms with Gasteiger partial charge < -0.3 is 14.2 Å². The summed E-state index contributed by atoms with van der Waals surface area (Å²) in [5.74, 6) is -1.21. The highest BCUT2D eigenvalue weighted by Crippen LogP contribution is 2.25. The van der Waals surface area contributed by atoms with Crippen LogP contribution < -0.4 is 0 Å². The average molecular weight is 495 g/mol. The Hall–Kier alpha value is -3.49. The van der Waals surface area contributed by atoms with E-state index in [1.54, 1.807) is 91.0 Å². The highest BCUT2D eigenvalue weighted by Gasteiger charge is 2.37. The van der Waals surface area contributed by atoms with E-state index in [1.165, 1.54) is 0 Å². The Kier molecular flexibility index (Phi) is 7.94. The van der Waals surface area contributed by atoms with Gasteiger partial charge in [-0.3, -0.25) is 0 Å². The normalized spacial score (nSPS) is 20.1. The van der Waals surface area contributed by atoms with Gasteiger partial charge in [0, 0.05) is 6.42 Å². The lowest BCUT2D eigenvalue weighted by molar-refractivity contribution is -0.129. The van der Waals surface area contributed by atoms with Gasteiger partial charge in [-0.05, 0) is 42.8 Å². The second kappa shape index (κ2) is 11.3. The zero-order chi connectivity index (χ0) is 24.7. The molecule has 3 aromatic rings. The molecule has 4 rings (SSSR count). The van der Waals surface area contributed by atoms with E-state index in [-0.39, 0.29) is 30.1 Å². The van der Waals surface area contributed by atoms with E-state index in [2.05, 4.69) is 0 Å². The molecule has 0 spiro atoms. The minimum atomic E-state index is -3.48. The number of hydrogen-bond acceptors (Lipinski definition) is 7. The number of rotatable bonds is 8. The Bertz CT molecular complexity index is 1230. The van der Waals surface area contributed by atoms with Crippen LogP contribution in [0.5, 0.6) is 0 Å². The molecule has 35 heavy (non-hydrogen) atoms. The van der Waals surface area contributed by atoms with Crippen molar-refractivity contribution in [2.75, 3.05) is 12.4 Å². The lowest BCUT2D eigenvalue weighted by Gasteiger charge is -2.35. The Labute approximate surface area is 204 Å². The number of hydrogen-bond donors (Lipinski definition) is 0. The second-order valence-corrected chi connectivity index (χ2v) is 10.3. The number of sulfone groups is 1. The summed E-state index contributed by atoms with van der Waals surface area (Å²) >= 11 is 0. The quantitative estimate of drug-likeness (QED) is 0.435. The van der Waals surface area contributed by atoms with Crippen LogP contribution in [0, 0.1) is 0 Å². The van der Waals surface area contributed by atoms with Crippen molar-refractivity contribution in [2.45, 2.75) is 36.0 Å². The molecular formula is C27H26O7S. The lowest BCUT2D eigenvalue weighted by atomic mass is 10.0. The molecular weight excluding hydrogens is 468 g/mol. The fourth-order valence-electron chi connectivity index (χ4n) is 3.84. The third-order valence-corrected chi connectivity index (χ3v) is 7.52. The van der Waals surface area contributed by atoms with Gasteiger partial charge in [0.25, 0.3) is 0 Å². The molecule has 0 aromatic heterocycles. The standard InChI is InChI=1S/C27H26O7S/c28-26(20-10-4-1-5-11-20)33-24-18-22(16-17-35(30,31)23-14-8-3-9-15-23)32-19-25(24)34-27(29)21-12-6-2-7-13-21/h1-15,22,24-25H,16-19H2/t22-,24-,25+/m0/s1. The summed E-state index contributed by atoms with van der Waals surface area (Å²) in [6, 6.07) is 25.2. The van der Waals surface area contributed by atoms with Gasteiger partial charge in [0.2, 0.25) is 0 Å². The third-order valence-electron chi connectivity index (χ3n) is 5.75. The summed E-state index contributed by atoms with van der Waals surface area (Å²) in [5, 5.41) is 0. The SMILES string of the molecule is O=C(O[C@H]1C[C@H](CCS(=O)(=O)c2ccccc2)OC[C@H]1OC(=O)c1ccccc1)c1ccccc1. The molecule has 1 heterocycles. The zero-order valence-corrected chi connectivity index (χ0v) is 19.8. The molecule has 8 heteroatoms. The predicted molar refractivity (Wildman–Crippen MR) is 129 cm³/mol. The van der Waals surface area contributed by atoms with Crippen molar-refractivity contribution in [1.82, 2.24) is 0 Å². The van der Waals surface area contributed by atoms with E-state index in [4.69, 9.17) is 14.2 Å². The summed E-state index contributed by atoms with van der Waals surface area (Å²) in [6.07, 6.45) is -1.66. The molecule has 1 saturated heterocycles. The van der Waals surface area contributed by atoms with E-state index in [0.29, 0.717) is 11.1 Å². The van der Waals surface area contributed by atoms with Crippen LogP contribution in [0.1, 0.15) is 33.6 Å². The largest absolute Gasteiger partial charge is 0.455 e. The number of carbonyl (C=O) groups is 2. The van der Waals surface area contributed by atoms with Gasteiger partial charge >= 0.3 is 11.9 Å². The van der Waals surface area contributed by atoms with Gasteiger partial charge in [-0.15, -0.1) is 0 Å². The smallest absolute Gasteiger partial charge is 0.338 e. The van der Waals surface area contributed by atoms with Gasteiger partial charge in [0.05, 0.1) is 34.5 Å². The Morgan fingerprint density at radius 2 is 1.23 bits per heavy atom. The van der Waals surface area contributed by atoms with Crippen molar-refractivity contribution in [3.05, 3.63) is 102 Å². The molecule has 3 atom stereocenters. The van der Waals surface area contributed by atoms with Crippen LogP contribution >= 0.6 is 0 Å². The topological polar surface area (TPSA) is 96.0 Å². The number of carbonyl (C=O) groups excluding carboxylic acids is 2. The van der Waals surface area contributed by atoms with Gasteiger partial charge in [-0.1, -0.05) is 54.6 Å². The maximum Gasteiger partial charge on any atom is 0.338 e. The summed E-state index contributed by atoms with van der Waals surface area (Å²) in [7, 11) is -3.48. The fourth-order valence-corrected chi connectivity index (χ4v) is 5.22. The molecule has 0 amide bonds. The first-order valence-corrected chi connectivity index (χ1v) is 13.0. The summed E-state index contributed by atoms with van der Waals surface area (Å²) in [4.78, 5) is 25.6. The Morgan fingerprint density at radius 1 is 0.743 bits per heavy atom. The number of ether oxygens (including phenoxy) is 3. The van der Waals surface area contributed by atoms with Crippen LogP contribution in [0.15, 0.2) is 95.9 Å². The molecule has 0 radical (unpaired) electrons. The summed E-state index contributed by atoms with van der Waals surface area (Å²) in [6.45, 7) is -0.0125. The van der Waals surface area contributed by atoms with E-state index < -0.39 is 40.1 Å². The highest BCUT2D eigenvalue weighted by atomic mass is 32.2. The van der Waals surface area contributed by atoms with Crippen LogP contribution in [0.4, 0.5) is 0 Å². The van der Waals surface area contributed by atoms with E-state index in [9.17, 15) is 18.0 Å². The summed E-state index contributed by atoms with van der Waals surface area (Å²) < 4.78 is 42.6. The molecule has 0 N–H and O–H groups in total. The molecule has 1 fully saturated rings. The van der Waals surface area contributed by atoms with Gasteiger partial charge in [-0.25, -0.2) is 18.0 Å². The van der Waals surface area contributed by atoms with Crippen molar-refractivity contribution >= 4 is 21.8 Å². The van der Waals surface area contributed by atoms with Crippen LogP contribution in [0.25, 0.3) is 0 Å². The molecule has 1 aliphatic heterocycles. The minimum absolute atomic E-state index is 0.0125. The monoisotopic (exact) mass is 494 g/mol. The first-order chi connectivity index (χ1) is 16.9. The third kappa shape index (κ3) is 6.55. The van der Waals surface area contributed by atoms with Crippen molar-refractivity contribution < 1.29 is 32.2 Å². The van der Waals surface area contributed by atoms with Gasteiger partial charge in [-0.2, -0.15) is 0 Å². The molecule has 3 aromatic carbocycles. The van der Waals surface area contributed by atoms with E-state index in [0.717, 1.165) is 0 Å². The molecule has 0 aliphatic carbocycles. The molecule has 0 bridgehead atoms. The van der Waals surface area contributed by atoms with Crippen molar-refractivity contribution in [2.24, 2.45) is 0 Å².